The van der Waals surface area contributed by atoms with Crippen LogP contribution in [0, 0.1) is 10.1 Å². The van der Waals surface area contributed by atoms with Crippen LogP contribution in [-0.4, -0.2) is 34.1 Å². The van der Waals surface area contributed by atoms with Gasteiger partial charge < -0.3 is 19.1 Å². The van der Waals surface area contributed by atoms with Gasteiger partial charge in [0.15, 0.2) is 5.76 Å². The van der Waals surface area contributed by atoms with Crippen LogP contribution in [0.25, 0.3) is 0 Å². The minimum Gasteiger partial charge on any atom is -0.395 e. The van der Waals surface area contributed by atoms with E-state index in [4.69, 9.17) is 8.83 Å². The third-order valence-electron chi connectivity index (χ3n) is 4.78. The van der Waals surface area contributed by atoms with Crippen molar-refractivity contribution in [2.75, 3.05) is 23.3 Å². The van der Waals surface area contributed by atoms with Crippen LogP contribution in [0.3, 0.4) is 0 Å². The molecule has 0 radical (unpaired) electrons. The van der Waals surface area contributed by atoms with Crippen molar-refractivity contribution in [3.8, 4) is 0 Å². The Bertz CT molecular complexity index is 1070. The fourth-order valence-corrected chi connectivity index (χ4v) is 3.30. The molecule has 1 amide bonds. The Morgan fingerprint density at radius 2 is 1.90 bits per heavy atom. The lowest BCUT2D eigenvalue weighted by atomic mass is 9.96. The maximum absolute atomic E-state index is 12.1. The Balaban J connectivity index is 1.35. The zero-order chi connectivity index (χ0) is 20.4. The van der Waals surface area contributed by atoms with E-state index in [1.165, 1.54) is 6.07 Å². The maximum Gasteiger partial charge on any atom is 0.434 e. The molecule has 0 atom stereocenters. The molecular formula is C18H17N5O6. The number of hydrogen-bond donors (Lipinski definition) is 2. The maximum atomic E-state index is 12.1. The number of nitrogens with zero attached hydrogens (tertiary/aromatic N) is 3. The fourth-order valence-electron chi connectivity index (χ4n) is 3.30. The molecule has 29 heavy (non-hydrogen) atoms. The van der Waals surface area contributed by atoms with E-state index in [1.807, 2.05) is 12.1 Å². The smallest absolute Gasteiger partial charge is 0.395 e. The lowest BCUT2D eigenvalue weighted by molar-refractivity contribution is -0.402. The number of nitro groups is 1. The van der Waals surface area contributed by atoms with Gasteiger partial charge in [0.2, 0.25) is 5.89 Å². The molecule has 3 heterocycles. The van der Waals surface area contributed by atoms with Gasteiger partial charge in [-0.25, -0.2) is 9.89 Å². The lowest BCUT2D eigenvalue weighted by Gasteiger charge is -2.32. The van der Waals surface area contributed by atoms with Gasteiger partial charge in [-0.2, -0.15) is 0 Å². The van der Waals surface area contributed by atoms with E-state index >= 15 is 0 Å². The molecule has 11 heteroatoms. The van der Waals surface area contributed by atoms with E-state index in [1.54, 1.807) is 12.1 Å². The molecule has 3 aromatic rings. The SMILES string of the molecule is O=C(Nc1ccc(N2CCC(c3n[nH]c(=O)o3)CC2)cc1)c1ccc([N+](=O)[O-])o1. The summed E-state index contributed by atoms with van der Waals surface area (Å²) in [6, 6.07) is 9.67. The highest BCUT2D eigenvalue weighted by molar-refractivity contribution is 6.02. The molecule has 1 fully saturated rings. The van der Waals surface area contributed by atoms with Gasteiger partial charge in [-0.05, 0) is 43.2 Å². The summed E-state index contributed by atoms with van der Waals surface area (Å²) in [5.41, 5.74) is 1.55. The Morgan fingerprint density at radius 1 is 1.17 bits per heavy atom. The van der Waals surface area contributed by atoms with Crippen LogP contribution < -0.4 is 16.0 Å². The standard InChI is InChI=1S/C18H17N5O6/c24-16(14-5-6-15(28-14)23(26)27)19-12-1-3-13(4-2-12)22-9-7-11(8-10-22)17-20-21-18(25)29-17/h1-6,11H,7-10H2,(H,19,24)(H,21,25). The van der Waals surface area contributed by atoms with E-state index in [0.29, 0.717) is 11.6 Å². The molecule has 0 aliphatic carbocycles. The summed E-state index contributed by atoms with van der Waals surface area (Å²) < 4.78 is 9.93. The molecule has 0 unspecified atom stereocenters. The molecule has 4 rings (SSSR count). The first kappa shape index (κ1) is 18.5. The monoisotopic (exact) mass is 399 g/mol. The molecule has 0 spiro atoms. The predicted octanol–water partition coefficient (Wildman–Crippen LogP) is 2.50. The van der Waals surface area contributed by atoms with Crippen molar-refractivity contribution in [3.05, 3.63) is 68.7 Å². The summed E-state index contributed by atoms with van der Waals surface area (Å²) >= 11 is 0. The number of carbonyl (C=O) groups excluding carboxylic acids is 1. The Hall–Kier alpha value is -3.89. The molecule has 0 bridgehead atoms. The molecule has 150 valence electrons. The van der Waals surface area contributed by atoms with Crippen molar-refractivity contribution >= 4 is 23.2 Å². The van der Waals surface area contributed by atoms with Gasteiger partial charge in [0.05, 0.1) is 6.07 Å². The van der Waals surface area contributed by atoms with Gasteiger partial charge in [0, 0.05) is 30.4 Å². The number of piperidine rings is 1. The molecule has 1 aliphatic rings. The second kappa shape index (κ2) is 7.62. The van der Waals surface area contributed by atoms with Crippen LogP contribution in [0.5, 0.6) is 0 Å². The number of carbonyl (C=O) groups is 1. The highest BCUT2D eigenvalue weighted by atomic mass is 16.6. The van der Waals surface area contributed by atoms with E-state index in [9.17, 15) is 19.7 Å². The van der Waals surface area contributed by atoms with E-state index < -0.39 is 22.5 Å². The summed E-state index contributed by atoms with van der Waals surface area (Å²) in [6.45, 7) is 1.56. The third kappa shape index (κ3) is 4.03. The van der Waals surface area contributed by atoms with Crippen molar-refractivity contribution in [3.63, 3.8) is 0 Å². The highest BCUT2D eigenvalue weighted by Crippen LogP contribution is 2.29. The van der Waals surface area contributed by atoms with Crippen LogP contribution in [-0.2, 0) is 0 Å². The normalized spacial score (nSPS) is 14.7. The average Bonchev–Trinajstić information content (AvgIpc) is 3.38. The van der Waals surface area contributed by atoms with Crippen LogP contribution in [0.15, 0.2) is 50.0 Å². The van der Waals surface area contributed by atoms with Crippen molar-refractivity contribution < 1.29 is 18.6 Å². The summed E-state index contributed by atoms with van der Waals surface area (Å²) in [5, 5.41) is 19.5. The molecule has 2 N–H and O–H groups in total. The van der Waals surface area contributed by atoms with Gasteiger partial charge >= 0.3 is 11.6 Å². The number of furan rings is 1. The second-order valence-electron chi connectivity index (χ2n) is 6.61. The Morgan fingerprint density at radius 3 is 2.48 bits per heavy atom. The lowest BCUT2D eigenvalue weighted by Crippen LogP contribution is -2.32. The van der Waals surface area contributed by atoms with E-state index in [2.05, 4.69) is 20.4 Å². The van der Waals surface area contributed by atoms with Crippen LogP contribution in [0.4, 0.5) is 17.3 Å². The summed E-state index contributed by atoms with van der Waals surface area (Å²) in [7, 11) is 0. The largest absolute Gasteiger partial charge is 0.434 e. The van der Waals surface area contributed by atoms with Gasteiger partial charge in [0.25, 0.3) is 5.91 Å². The summed E-state index contributed by atoms with van der Waals surface area (Å²) in [6.07, 6.45) is 1.62. The number of anilines is 2. The number of amides is 1. The van der Waals surface area contributed by atoms with Crippen LogP contribution in [0.1, 0.15) is 35.2 Å². The van der Waals surface area contributed by atoms with Gasteiger partial charge in [-0.15, -0.1) is 5.10 Å². The molecular weight excluding hydrogens is 382 g/mol. The molecule has 11 nitrogen and oxygen atoms in total. The number of nitrogens with one attached hydrogen (secondary N) is 2. The van der Waals surface area contributed by atoms with Gasteiger partial charge in [0.1, 0.15) is 4.92 Å². The minimum absolute atomic E-state index is 0.112. The second-order valence-corrected chi connectivity index (χ2v) is 6.61. The number of rotatable bonds is 5. The first-order valence-electron chi connectivity index (χ1n) is 8.95. The van der Waals surface area contributed by atoms with Gasteiger partial charge in [-0.3, -0.25) is 14.9 Å². The molecule has 0 saturated carbocycles. The zero-order valence-electron chi connectivity index (χ0n) is 15.2. The Kier molecular flexibility index (Phi) is 4.85. The molecule has 1 aliphatic heterocycles. The quantitative estimate of drug-likeness (QED) is 0.491. The highest BCUT2D eigenvalue weighted by Gasteiger charge is 2.24. The number of hydrogen-bond acceptors (Lipinski definition) is 8. The first-order valence-corrected chi connectivity index (χ1v) is 8.95. The van der Waals surface area contributed by atoms with Crippen molar-refractivity contribution in [1.29, 1.82) is 0 Å². The molecule has 1 aromatic carbocycles. The van der Waals surface area contributed by atoms with E-state index in [0.717, 1.165) is 37.7 Å². The van der Waals surface area contributed by atoms with Crippen molar-refractivity contribution in [2.45, 2.75) is 18.8 Å². The van der Waals surface area contributed by atoms with Crippen molar-refractivity contribution in [2.24, 2.45) is 0 Å². The zero-order valence-corrected chi connectivity index (χ0v) is 15.2. The summed E-state index contributed by atoms with van der Waals surface area (Å²) in [5.74, 6) is -1.15. The number of benzene rings is 1. The Labute approximate surface area is 163 Å². The number of H-pyrrole nitrogens is 1. The predicted molar refractivity (Wildman–Crippen MR) is 101 cm³/mol. The first-order chi connectivity index (χ1) is 14.0. The van der Waals surface area contributed by atoms with E-state index in [-0.39, 0.29) is 11.7 Å². The number of aromatic nitrogens is 2. The summed E-state index contributed by atoms with van der Waals surface area (Å²) in [4.78, 5) is 35.4. The molecule has 2 aromatic heterocycles. The average molecular weight is 399 g/mol. The third-order valence-corrected chi connectivity index (χ3v) is 4.78. The number of aromatic amines is 1. The fraction of sp³-hybridized carbons (Fsp3) is 0.278. The van der Waals surface area contributed by atoms with Crippen LogP contribution >= 0.6 is 0 Å². The van der Waals surface area contributed by atoms with Crippen LogP contribution in [0.2, 0.25) is 0 Å². The van der Waals surface area contributed by atoms with Gasteiger partial charge in [-0.1, -0.05) is 0 Å². The molecule has 1 saturated heterocycles. The van der Waals surface area contributed by atoms with Crippen molar-refractivity contribution in [1.82, 2.24) is 10.2 Å². The topological polar surface area (TPSA) is 148 Å². The minimum atomic E-state index is -0.700.